The van der Waals surface area contributed by atoms with Crippen LogP contribution in [0, 0.1) is 5.92 Å². The van der Waals surface area contributed by atoms with Gasteiger partial charge in [0.2, 0.25) is 11.8 Å². The third-order valence-electron chi connectivity index (χ3n) is 8.52. The van der Waals surface area contributed by atoms with E-state index < -0.39 is 28.8 Å². The maximum absolute atomic E-state index is 14.8. The van der Waals surface area contributed by atoms with Crippen LogP contribution < -0.4 is 16.0 Å². The van der Waals surface area contributed by atoms with E-state index in [0.29, 0.717) is 44.5 Å². The summed E-state index contributed by atoms with van der Waals surface area (Å²) < 4.78 is 0. The third-order valence-corrected chi connectivity index (χ3v) is 9.01. The van der Waals surface area contributed by atoms with Gasteiger partial charge in [-0.1, -0.05) is 71.7 Å². The van der Waals surface area contributed by atoms with Crippen molar-refractivity contribution in [1.82, 2.24) is 5.32 Å². The Hall–Kier alpha value is -3.97. The van der Waals surface area contributed by atoms with Gasteiger partial charge in [0.15, 0.2) is 5.78 Å². The normalized spacial score (nSPS) is 26.1. The number of nitrogens with one attached hydrogen (secondary N) is 3. The van der Waals surface area contributed by atoms with Gasteiger partial charge in [0, 0.05) is 38.6 Å². The highest BCUT2D eigenvalue weighted by molar-refractivity contribution is 6.31. The molecule has 40 heavy (non-hydrogen) atoms. The van der Waals surface area contributed by atoms with Gasteiger partial charge < -0.3 is 10.6 Å². The zero-order chi connectivity index (χ0) is 27.6. The van der Waals surface area contributed by atoms with Gasteiger partial charge in [-0.15, -0.1) is 0 Å². The first-order chi connectivity index (χ1) is 19.4. The Bertz CT molecular complexity index is 1710. The van der Waals surface area contributed by atoms with Crippen molar-refractivity contribution in [1.29, 1.82) is 0 Å². The smallest absolute Gasteiger partial charge is 0.250 e. The van der Waals surface area contributed by atoms with Gasteiger partial charge in [0.1, 0.15) is 11.0 Å². The molecule has 4 aromatic rings. The molecule has 3 N–H and O–H groups in total. The molecule has 3 heterocycles. The van der Waals surface area contributed by atoms with E-state index in [9.17, 15) is 14.4 Å². The van der Waals surface area contributed by atoms with E-state index in [1.165, 1.54) is 0 Å². The van der Waals surface area contributed by atoms with Gasteiger partial charge in [0.25, 0.3) is 0 Å². The number of Topliss-reactive ketones (excluding diaryl/α,β-unsaturated/α-hetero) is 1. The van der Waals surface area contributed by atoms with Gasteiger partial charge in [-0.05, 0) is 66.1 Å². The standard InChI is InChI=1S/C32H23Cl2N3O3/c33-20-12-10-19(11-13-20)27(38)28-31(22-8-4-5-9-24(22)35-29(31)39)26(16-18-6-2-1-3-7-18)37-32(28)23-17-21(34)14-15-25(23)36-30(32)40/h1-15,17,26,28,37H,16H2,(H,35,39)(H,36,40)/t26-,28-,31+,32-/m0/s1. The van der Waals surface area contributed by atoms with Crippen LogP contribution in [-0.2, 0) is 27.0 Å². The molecule has 4 atom stereocenters. The van der Waals surface area contributed by atoms with Crippen LogP contribution in [0.25, 0.3) is 0 Å². The molecule has 3 aliphatic rings. The highest BCUT2D eigenvalue weighted by Gasteiger charge is 2.75. The fourth-order valence-corrected chi connectivity index (χ4v) is 7.22. The number of benzene rings is 4. The van der Waals surface area contributed by atoms with Crippen LogP contribution in [0.4, 0.5) is 11.4 Å². The molecule has 0 radical (unpaired) electrons. The van der Waals surface area contributed by atoms with Crippen molar-refractivity contribution in [3.63, 3.8) is 0 Å². The molecule has 0 saturated carbocycles. The summed E-state index contributed by atoms with van der Waals surface area (Å²) in [4.78, 5) is 43.4. The van der Waals surface area contributed by atoms with Crippen molar-refractivity contribution in [2.45, 2.75) is 23.4 Å². The molecular formula is C32H23Cl2N3O3. The van der Waals surface area contributed by atoms with E-state index in [1.807, 2.05) is 54.6 Å². The second-order valence-corrected chi connectivity index (χ2v) is 11.4. The number of hydrogen-bond donors (Lipinski definition) is 3. The zero-order valence-electron chi connectivity index (χ0n) is 21.1. The monoisotopic (exact) mass is 567 g/mol. The summed E-state index contributed by atoms with van der Waals surface area (Å²) in [6.07, 6.45) is 0.401. The Labute approximate surface area is 240 Å². The summed E-state index contributed by atoms with van der Waals surface area (Å²) in [5.74, 6) is -2.20. The second-order valence-electron chi connectivity index (χ2n) is 10.5. The largest absolute Gasteiger partial charge is 0.325 e. The molecular weight excluding hydrogens is 545 g/mol. The Morgan fingerprint density at radius 2 is 1.38 bits per heavy atom. The molecule has 4 aromatic carbocycles. The Morgan fingerprint density at radius 3 is 2.15 bits per heavy atom. The van der Waals surface area contributed by atoms with Crippen molar-refractivity contribution >= 4 is 52.2 Å². The molecule has 1 fully saturated rings. The Morgan fingerprint density at radius 1 is 0.725 bits per heavy atom. The van der Waals surface area contributed by atoms with E-state index in [2.05, 4.69) is 16.0 Å². The number of anilines is 2. The lowest BCUT2D eigenvalue weighted by atomic mass is 9.60. The van der Waals surface area contributed by atoms with E-state index in [1.54, 1.807) is 42.5 Å². The molecule has 2 spiro atoms. The lowest BCUT2D eigenvalue weighted by Gasteiger charge is -2.36. The summed E-state index contributed by atoms with van der Waals surface area (Å²) >= 11 is 12.6. The van der Waals surface area contributed by atoms with Crippen LogP contribution in [0.3, 0.4) is 0 Å². The van der Waals surface area contributed by atoms with Gasteiger partial charge in [-0.25, -0.2) is 0 Å². The van der Waals surface area contributed by atoms with E-state index >= 15 is 0 Å². The van der Waals surface area contributed by atoms with Gasteiger partial charge in [0.05, 0.1) is 5.92 Å². The average molecular weight is 568 g/mol. The number of rotatable bonds is 4. The number of para-hydroxylation sites is 1. The molecule has 7 rings (SSSR count). The maximum atomic E-state index is 14.8. The lowest BCUT2D eigenvalue weighted by Crippen LogP contribution is -2.54. The molecule has 2 amide bonds. The SMILES string of the molecule is O=C(c1ccc(Cl)cc1)[C@H]1[C@]2(C(=O)Nc3ccccc32)[C@H](Cc2ccccc2)N[C@]12C(=O)Nc1ccc(Cl)cc12. The summed E-state index contributed by atoms with van der Waals surface area (Å²) in [5, 5.41) is 10.5. The van der Waals surface area contributed by atoms with Gasteiger partial charge in [-0.2, -0.15) is 0 Å². The number of amides is 2. The summed E-state index contributed by atoms with van der Waals surface area (Å²) in [6.45, 7) is 0. The van der Waals surface area contributed by atoms with Crippen molar-refractivity contribution < 1.29 is 14.4 Å². The first kappa shape index (κ1) is 25.0. The Kier molecular flexibility index (Phi) is 5.65. The lowest BCUT2D eigenvalue weighted by molar-refractivity contribution is -0.124. The predicted octanol–water partition coefficient (Wildman–Crippen LogP) is 5.74. The van der Waals surface area contributed by atoms with Gasteiger partial charge in [-0.3, -0.25) is 19.7 Å². The van der Waals surface area contributed by atoms with E-state index in [0.717, 1.165) is 5.56 Å². The summed E-state index contributed by atoms with van der Waals surface area (Å²) in [7, 11) is 0. The molecule has 3 aliphatic heterocycles. The van der Waals surface area contributed by atoms with Gasteiger partial charge >= 0.3 is 0 Å². The molecule has 198 valence electrons. The second kappa shape index (κ2) is 9.03. The van der Waals surface area contributed by atoms with Crippen LogP contribution in [0.1, 0.15) is 27.0 Å². The van der Waals surface area contributed by atoms with Crippen LogP contribution in [0.15, 0.2) is 97.1 Å². The van der Waals surface area contributed by atoms with Crippen molar-refractivity contribution in [3.8, 4) is 0 Å². The van der Waals surface area contributed by atoms with E-state index in [-0.39, 0.29) is 11.7 Å². The predicted molar refractivity (Wildman–Crippen MR) is 155 cm³/mol. The van der Waals surface area contributed by atoms with Crippen molar-refractivity contribution in [2.75, 3.05) is 10.6 Å². The maximum Gasteiger partial charge on any atom is 0.250 e. The number of carbonyl (C=O) groups is 3. The molecule has 0 aromatic heterocycles. The Balaban J connectivity index is 1.54. The number of carbonyl (C=O) groups excluding carboxylic acids is 3. The first-order valence-corrected chi connectivity index (χ1v) is 13.7. The van der Waals surface area contributed by atoms with E-state index in [4.69, 9.17) is 23.2 Å². The van der Waals surface area contributed by atoms with Crippen LogP contribution in [0.5, 0.6) is 0 Å². The average Bonchev–Trinajstić information content (AvgIpc) is 3.53. The topological polar surface area (TPSA) is 87.3 Å². The quantitative estimate of drug-likeness (QED) is 0.274. The van der Waals surface area contributed by atoms with Crippen LogP contribution in [-0.4, -0.2) is 23.6 Å². The fraction of sp³-hybridized carbons (Fsp3) is 0.156. The fourth-order valence-electron chi connectivity index (χ4n) is 6.92. The number of halogens is 2. The molecule has 8 heteroatoms. The van der Waals surface area contributed by atoms with Crippen LogP contribution >= 0.6 is 23.2 Å². The molecule has 0 aliphatic carbocycles. The van der Waals surface area contributed by atoms with Crippen molar-refractivity contribution in [2.24, 2.45) is 5.92 Å². The first-order valence-electron chi connectivity index (χ1n) is 13.0. The van der Waals surface area contributed by atoms with Crippen molar-refractivity contribution in [3.05, 3.63) is 129 Å². The minimum atomic E-state index is -1.56. The molecule has 0 bridgehead atoms. The number of hydrogen-bond acceptors (Lipinski definition) is 4. The zero-order valence-corrected chi connectivity index (χ0v) is 22.6. The molecule has 0 unspecified atom stereocenters. The minimum absolute atomic E-state index is 0.324. The summed E-state index contributed by atoms with van der Waals surface area (Å²) in [6, 6.07) is 28.2. The third kappa shape index (κ3) is 3.37. The highest BCUT2D eigenvalue weighted by Crippen LogP contribution is 2.60. The molecule has 1 saturated heterocycles. The molecule has 6 nitrogen and oxygen atoms in total. The number of ketones is 1. The number of fused-ring (bicyclic) bond motifs is 4. The summed E-state index contributed by atoms with van der Waals surface area (Å²) in [5.41, 5.74) is 0.758. The van der Waals surface area contributed by atoms with Crippen LogP contribution in [0.2, 0.25) is 10.0 Å². The highest BCUT2D eigenvalue weighted by atomic mass is 35.5. The minimum Gasteiger partial charge on any atom is -0.325 e.